The van der Waals surface area contributed by atoms with E-state index < -0.39 is 6.04 Å². The molecule has 1 aromatic heterocycles. The molecule has 0 atom stereocenters. The van der Waals surface area contributed by atoms with Crippen LogP contribution in [-0.2, 0) is 4.84 Å². The van der Waals surface area contributed by atoms with E-state index in [1.165, 1.54) is 5.06 Å². The zero-order valence-corrected chi connectivity index (χ0v) is 16.4. The highest BCUT2D eigenvalue weighted by atomic mass is 35.5. The summed E-state index contributed by atoms with van der Waals surface area (Å²) in [6.07, 6.45) is 0. The first-order chi connectivity index (χ1) is 13.0. The van der Waals surface area contributed by atoms with E-state index in [4.69, 9.17) is 32.8 Å². The lowest BCUT2D eigenvalue weighted by molar-refractivity contribution is 0.143. The largest absolute Gasteiger partial charge is 0.490 e. The van der Waals surface area contributed by atoms with E-state index in [-0.39, 0.29) is 30.4 Å². The second kappa shape index (κ2) is 10.4. The standard InChI is InChI=1S/C16H21Cl2N5O4/c1-3-26-13-11(17)6-5-7-12(13)23(27-4-2)16-21-14(18)20-15(22-16)19-10(8-24)9-25/h5-7,10,24-25H,3-4,8-9H2,1-2H3,(H,19,20,21,22). The average molecular weight is 418 g/mol. The van der Waals surface area contributed by atoms with Gasteiger partial charge in [0.1, 0.15) is 5.69 Å². The minimum atomic E-state index is -0.651. The molecule has 1 heterocycles. The van der Waals surface area contributed by atoms with Crippen molar-refractivity contribution in [3.8, 4) is 5.75 Å². The van der Waals surface area contributed by atoms with E-state index in [1.54, 1.807) is 25.1 Å². The number of hydrogen-bond donors (Lipinski definition) is 3. The number of anilines is 3. The number of para-hydroxylation sites is 1. The Labute approximate surface area is 166 Å². The summed E-state index contributed by atoms with van der Waals surface area (Å²) in [6.45, 7) is 3.72. The van der Waals surface area contributed by atoms with Gasteiger partial charge in [0.25, 0.3) is 5.95 Å². The Kier molecular flexibility index (Phi) is 8.26. The van der Waals surface area contributed by atoms with Gasteiger partial charge in [-0.2, -0.15) is 20.0 Å². The number of aromatic nitrogens is 3. The molecule has 0 aliphatic rings. The Morgan fingerprint density at radius 3 is 2.48 bits per heavy atom. The molecule has 0 saturated heterocycles. The lowest BCUT2D eigenvalue weighted by Gasteiger charge is -2.24. The number of halogens is 2. The molecule has 0 fully saturated rings. The Hall–Kier alpha value is -1.91. The van der Waals surface area contributed by atoms with Gasteiger partial charge in [0.15, 0.2) is 5.75 Å². The lowest BCUT2D eigenvalue weighted by Crippen LogP contribution is -2.29. The molecule has 0 amide bonds. The van der Waals surface area contributed by atoms with Crippen LogP contribution in [0.4, 0.5) is 17.6 Å². The summed E-state index contributed by atoms with van der Waals surface area (Å²) in [5.41, 5.74) is 0.486. The number of nitrogens with zero attached hydrogens (tertiary/aromatic N) is 4. The molecule has 2 aromatic rings. The summed E-state index contributed by atoms with van der Waals surface area (Å²) in [5.74, 6) is 0.560. The minimum absolute atomic E-state index is 0.0720. The molecule has 27 heavy (non-hydrogen) atoms. The average Bonchev–Trinajstić information content (AvgIpc) is 2.65. The highest BCUT2D eigenvalue weighted by Crippen LogP contribution is 2.38. The highest BCUT2D eigenvalue weighted by Gasteiger charge is 2.22. The Bertz CT molecular complexity index is 749. The molecule has 0 bridgehead atoms. The summed E-state index contributed by atoms with van der Waals surface area (Å²) in [6, 6.07) is 4.52. The van der Waals surface area contributed by atoms with Gasteiger partial charge in [-0.3, -0.25) is 4.84 Å². The van der Waals surface area contributed by atoms with Crippen molar-refractivity contribution in [1.29, 1.82) is 0 Å². The zero-order valence-electron chi connectivity index (χ0n) is 14.9. The Morgan fingerprint density at radius 1 is 1.11 bits per heavy atom. The van der Waals surface area contributed by atoms with Crippen molar-refractivity contribution in [2.24, 2.45) is 0 Å². The topological polar surface area (TPSA) is 113 Å². The number of hydrogen-bond acceptors (Lipinski definition) is 9. The maximum Gasteiger partial charge on any atom is 0.260 e. The minimum Gasteiger partial charge on any atom is -0.490 e. The molecule has 0 aliphatic heterocycles. The molecule has 0 aliphatic carbocycles. The molecule has 0 unspecified atom stereocenters. The predicted molar refractivity (Wildman–Crippen MR) is 103 cm³/mol. The highest BCUT2D eigenvalue weighted by molar-refractivity contribution is 6.32. The third-order valence-corrected chi connectivity index (χ3v) is 3.73. The van der Waals surface area contributed by atoms with Crippen LogP contribution in [0.15, 0.2) is 18.2 Å². The van der Waals surface area contributed by atoms with E-state index in [9.17, 15) is 10.2 Å². The fourth-order valence-electron chi connectivity index (χ4n) is 2.14. The normalized spacial score (nSPS) is 10.9. The van der Waals surface area contributed by atoms with Crippen molar-refractivity contribution < 1.29 is 19.8 Å². The third-order valence-electron chi connectivity index (χ3n) is 3.26. The van der Waals surface area contributed by atoms with E-state index in [0.717, 1.165) is 0 Å². The van der Waals surface area contributed by atoms with Crippen LogP contribution in [0.2, 0.25) is 10.3 Å². The number of aliphatic hydroxyl groups excluding tert-OH is 2. The predicted octanol–water partition coefficient (Wildman–Crippen LogP) is 2.43. The summed E-state index contributed by atoms with van der Waals surface area (Å²) >= 11 is 12.3. The molecular formula is C16H21Cl2N5O4. The first-order valence-corrected chi connectivity index (χ1v) is 9.03. The van der Waals surface area contributed by atoms with Gasteiger partial charge in [-0.05, 0) is 37.6 Å². The van der Waals surface area contributed by atoms with Crippen molar-refractivity contribution >= 4 is 40.8 Å². The summed E-state index contributed by atoms with van der Waals surface area (Å²) < 4.78 is 5.64. The van der Waals surface area contributed by atoms with E-state index in [0.29, 0.717) is 29.7 Å². The van der Waals surface area contributed by atoms with Gasteiger partial charge in [0, 0.05) is 0 Å². The first-order valence-electron chi connectivity index (χ1n) is 8.28. The van der Waals surface area contributed by atoms with Crippen molar-refractivity contribution in [2.75, 3.05) is 36.8 Å². The molecule has 148 valence electrons. The molecule has 3 N–H and O–H groups in total. The number of nitrogens with one attached hydrogen (secondary N) is 1. The maximum absolute atomic E-state index is 9.23. The third kappa shape index (κ3) is 5.53. The van der Waals surface area contributed by atoms with Crippen LogP contribution in [-0.4, -0.2) is 57.6 Å². The molecule has 0 saturated carbocycles. The first kappa shape index (κ1) is 21.4. The smallest absolute Gasteiger partial charge is 0.260 e. The number of aliphatic hydroxyl groups is 2. The van der Waals surface area contributed by atoms with Crippen molar-refractivity contribution in [3.63, 3.8) is 0 Å². The van der Waals surface area contributed by atoms with Crippen LogP contribution in [0.25, 0.3) is 0 Å². The summed E-state index contributed by atoms with van der Waals surface area (Å²) in [4.78, 5) is 18.0. The summed E-state index contributed by atoms with van der Waals surface area (Å²) in [5, 5.41) is 22.9. The Balaban J connectivity index is 2.48. The number of ether oxygens (including phenoxy) is 1. The van der Waals surface area contributed by atoms with Crippen molar-refractivity contribution in [1.82, 2.24) is 15.0 Å². The van der Waals surface area contributed by atoms with Gasteiger partial charge in [0.05, 0.1) is 37.5 Å². The molecule has 11 heteroatoms. The molecule has 2 rings (SSSR count). The zero-order chi connectivity index (χ0) is 19.8. The Morgan fingerprint density at radius 2 is 1.85 bits per heavy atom. The number of benzene rings is 1. The van der Waals surface area contributed by atoms with Gasteiger partial charge in [-0.15, -0.1) is 0 Å². The van der Waals surface area contributed by atoms with Gasteiger partial charge in [-0.1, -0.05) is 17.7 Å². The van der Waals surface area contributed by atoms with Gasteiger partial charge in [-0.25, -0.2) is 0 Å². The summed E-state index contributed by atoms with van der Waals surface area (Å²) in [7, 11) is 0. The van der Waals surface area contributed by atoms with Crippen LogP contribution in [0.5, 0.6) is 5.75 Å². The molecule has 0 spiro atoms. The molecular weight excluding hydrogens is 397 g/mol. The molecule has 9 nitrogen and oxygen atoms in total. The fraction of sp³-hybridized carbons (Fsp3) is 0.438. The number of rotatable bonds is 10. The maximum atomic E-state index is 9.23. The van der Waals surface area contributed by atoms with E-state index in [2.05, 4.69) is 20.3 Å². The van der Waals surface area contributed by atoms with E-state index >= 15 is 0 Å². The van der Waals surface area contributed by atoms with Crippen LogP contribution in [0.1, 0.15) is 13.8 Å². The van der Waals surface area contributed by atoms with E-state index in [1.807, 2.05) is 6.92 Å². The monoisotopic (exact) mass is 417 g/mol. The van der Waals surface area contributed by atoms with Gasteiger partial charge >= 0.3 is 0 Å². The van der Waals surface area contributed by atoms with Crippen molar-refractivity contribution in [2.45, 2.75) is 19.9 Å². The SMILES string of the molecule is CCOc1c(Cl)cccc1N(OCC)c1nc(Cl)nc(NC(CO)CO)n1. The molecule has 0 radical (unpaired) electrons. The van der Waals surface area contributed by atoms with Crippen molar-refractivity contribution in [3.05, 3.63) is 28.5 Å². The van der Waals surface area contributed by atoms with Crippen LogP contribution in [0, 0.1) is 0 Å². The lowest BCUT2D eigenvalue weighted by atomic mass is 10.3. The van der Waals surface area contributed by atoms with Gasteiger partial charge < -0.3 is 20.3 Å². The van der Waals surface area contributed by atoms with Crippen LogP contribution >= 0.6 is 23.2 Å². The van der Waals surface area contributed by atoms with Crippen LogP contribution in [0.3, 0.4) is 0 Å². The fourth-order valence-corrected chi connectivity index (χ4v) is 2.52. The van der Waals surface area contributed by atoms with Gasteiger partial charge in [0.2, 0.25) is 11.2 Å². The second-order valence-corrected chi connectivity index (χ2v) is 5.91. The second-order valence-electron chi connectivity index (χ2n) is 5.17. The quantitative estimate of drug-likeness (QED) is 0.501. The molecule has 1 aromatic carbocycles. The van der Waals surface area contributed by atoms with Crippen LogP contribution < -0.4 is 15.1 Å².